The molecular weight excluding hydrogens is 366 g/mol. The lowest BCUT2D eigenvalue weighted by Crippen LogP contribution is -2.38. The van der Waals surface area contributed by atoms with Gasteiger partial charge in [0.2, 0.25) is 5.91 Å². The summed E-state index contributed by atoms with van der Waals surface area (Å²) in [6.07, 6.45) is 3.34. The van der Waals surface area contributed by atoms with Crippen LogP contribution in [0.15, 0.2) is 23.1 Å². The molecule has 1 saturated heterocycles. The van der Waals surface area contributed by atoms with Gasteiger partial charge in [0.15, 0.2) is 11.5 Å². The molecule has 2 fully saturated rings. The van der Waals surface area contributed by atoms with Crippen LogP contribution >= 0.6 is 11.8 Å². The third-order valence-electron chi connectivity index (χ3n) is 5.91. The molecule has 1 amide bonds. The van der Waals surface area contributed by atoms with E-state index in [-0.39, 0.29) is 17.8 Å². The van der Waals surface area contributed by atoms with Crippen molar-refractivity contribution < 1.29 is 23.8 Å². The number of benzene rings is 1. The predicted molar refractivity (Wildman–Crippen MR) is 101 cm³/mol. The molecule has 1 aromatic carbocycles. The van der Waals surface area contributed by atoms with Gasteiger partial charge in [-0.1, -0.05) is 6.42 Å². The van der Waals surface area contributed by atoms with Gasteiger partial charge in [0.05, 0.1) is 12.5 Å². The minimum atomic E-state index is -0.465. The first kappa shape index (κ1) is 18.5. The van der Waals surface area contributed by atoms with Gasteiger partial charge in [0, 0.05) is 30.2 Å². The van der Waals surface area contributed by atoms with E-state index in [4.69, 9.17) is 14.2 Å². The maximum atomic E-state index is 12.7. The highest BCUT2D eigenvalue weighted by Crippen LogP contribution is 2.49. The number of likely N-dealkylation sites (tertiary alicyclic amines) is 1. The van der Waals surface area contributed by atoms with Crippen LogP contribution in [0.3, 0.4) is 0 Å². The van der Waals surface area contributed by atoms with Crippen molar-refractivity contribution in [1.29, 1.82) is 0 Å². The van der Waals surface area contributed by atoms with Gasteiger partial charge in [0.25, 0.3) is 0 Å². The van der Waals surface area contributed by atoms with Crippen molar-refractivity contribution in [1.82, 2.24) is 4.90 Å². The maximum Gasteiger partial charge on any atom is 0.313 e. The first-order valence-electron chi connectivity index (χ1n) is 9.51. The molecule has 2 unspecified atom stereocenters. The number of amides is 1. The summed E-state index contributed by atoms with van der Waals surface area (Å²) in [5, 5.41) is 0. The fraction of sp³-hybridized carbons (Fsp3) is 0.600. The fourth-order valence-corrected chi connectivity index (χ4v) is 5.41. The second-order valence-electron chi connectivity index (χ2n) is 7.42. The van der Waals surface area contributed by atoms with E-state index in [1.54, 1.807) is 11.8 Å². The van der Waals surface area contributed by atoms with Crippen LogP contribution in [0, 0.1) is 11.3 Å². The van der Waals surface area contributed by atoms with Gasteiger partial charge in [-0.15, -0.1) is 11.8 Å². The van der Waals surface area contributed by atoms with Crippen LogP contribution in [0.25, 0.3) is 0 Å². The van der Waals surface area contributed by atoms with Gasteiger partial charge < -0.3 is 19.1 Å². The lowest BCUT2D eigenvalue weighted by atomic mass is 9.81. The average molecular weight is 391 g/mol. The summed E-state index contributed by atoms with van der Waals surface area (Å²) >= 11 is 1.64. The van der Waals surface area contributed by atoms with Crippen molar-refractivity contribution in [3.63, 3.8) is 0 Å². The number of hydrogen-bond acceptors (Lipinski definition) is 6. The van der Waals surface area contributed by atoms with E-state index < -0.39 is 5.41 Å². The van der Waals surface area contributed by atoms with E-state index in [0.717, 1.165) is 35.7 Å². The molecule has 146 valence electrons. The van der Waals surface area contributed by atoms with Crippen LogP contribution in [0.5, 0.6) is 11.5 Å². The molecule has 7 heteroatoms. The van der Waals surface area contributed by atoms with Crippen molar-refractivity contribution in [3.8, 4) is 11.5 Å². The second kappa shape index (κ2) is 7.62. The number of carbonyl (C=O) groups excluding carboxylic acids is 2. The molecule has 1 saturated carbocycles. The van der Waals surface area contributed by atoms with Gasteiger partial charge >= 0.3 is 5.97 Å². The molecule has 4 rings (SSSR count). The number of ether oxygens (including phenoxy) is 3. The van der Waals surface area contributed by atoms with Gasteiger partial charge in [-0.05, 0) is 37.0 Å². The maximum absolute atomic E-state index is 12.7. The molecule has 0 spiro atoms. The normalized spacial score (nSPS) is 26.0. The lowest BCUT2D eigenvalue weighted by molar-refractivity contribution is -0.153. The highest BCUT2D eigenvalue weighted by atomic mass is 32.2. The SMILES string of the molecule is COC(=O)C12CCCC1CN(C(=O)CCSc1ccc3c(c1)OCCO3)C2. The Bertz CT molecular complexity index is 739. The summed E-state index contributed by atoms with van der Waals surface area (Å²) in [4.78, 5) is 27.9. The van der Waals surface area contributed by atoms with Gasteiger partial charge in [-0.25, -0.2) is 0 Å². The molecule has 2 aliphatic heterocycles. The van der Waals surface area contributed by atoms with E-state index in [0.29, 0.717) is 38.5 Å². The topological polar surface area (TPSA) is 65.1 Å². The molecule has 0 radical (unpaired) electrons. The molecular formula is C20H25NO5S. The number of hydrogen-bond donors (Lipinski definition) is 0. The zero-order valence-electron chi connectivity index (χ0n) is 15.6. The Labute approximate surface area is 163 Å². The van der Waals surface area contributed by atoms with Crippen molar-refractivity contribution in [2.75, 3.05) is 39.2 Å². The zero-order valence-corrected chi connectivity index (χ0v) is 16.4. The molecule has 6 nitrogen and oxygen atoms in total. The van der Waals surface area contributed by atoms with Crippen molar-refractivity contribution >= 4 is 23.6 Å². The molecule has 0 bridgehead atoms. The number of fused-ring (bicyclic) bond motifs is 2. The summed E-state index contributed by atoms with van der Waals surface area (Å²) in [5.41, 5.74) is -0.465. The number of nitrogens with zero attached hydrogens (tertiary/aromatic N) is 1. The standard InChI is InChI=1S/C20H25NO5S/c1-24-19(23)20-7-2-3-14(20)12-21(13-20)18(22)6-10-27-15-4-5-16-17(11-15)26-9-8-25-16/h4-5,11,14H,2-3,6-10,12-13H2,1H3. The van der Waals surface area contributed by atoms with E-state index in [1.807, 2.05) is 23.1 Å². The summed E-state index contributed by atoms with van der Waals surface area (Å²) in [5.74, 6) is 2.47. The van der Waals surface area contributed by atoms with Gasteiger partial charge in [-0.3, -0.25) is 9.59 Å². The van der Waals surface area contributed by atoms with Crippen LogP contribution in [-0.2, 0) is 14.3 Å². The third kappa shape index (κ3) is 3.49. The fourth-order valence-electron chi connectivity index (χ4n) is 4.54. The van der Waals surface area contributed by atoms with Crippen LogP contribution in [0.1, 0.15) is 25.7 Å². The van der Waals surface area contributed by atoms with Crippen LogP contribution in [-0.4, -0.2) is 55.9 Å². The van der Waals surface area contributed by atoms with Gasteiger partial charge in [-0.2, -0.15) is 0 Å². The highest BCUT2D eigenvalue weighted by Gasteiger charge is 2.56. The summed E-state index contributed by atoms with van der Waals surface area (Å²) in [6, 6.07) is 5.88. The molecule has 1 aliphatic carbocycles. The first-order chi connectivity index (χ1) is 13.1. The first-order valence-corrected chi connectivity index (χ1v) is 10.5. The molecule has 2 atom stereocenters. The van der Waals surface area contributed by atoms with E-state index in [1.165, 1.54) is 7.11 Å². The molecule has 0 N–H and O–H groups in total. The quantitative estimate of drug-likeness (QED) is 0.568. The Morgan fingerprint density at radius 1 is 1.30 bits per heavy atom. The minimum Gasteiger partial charge on any atom is -0.486 e. The Morgan fingerprint density at radius 3 is 2.93 bits per heavy atom. The van der Waals surface area contributed by atoms with Crippen LogP contribution < -0.4 is 9.47 Å². The van der Waals surface area contributed by atoms with E-state index >= 15 is 0 Å². The number of thioether (sulfide) groups is 1. The molecule has 3 aliphatic rings. The third-order valence-corrected chi connectivity index (χ3v) is 6.91. The molecule has 2 heterocycles. The Kier molecular flexibility index (Phi) is 5.21. The number of carbonyl (C=O) groups is 2. The van der Waals surface area contributed by atoms with E-state index in [2.05, 4.69) is 0 Å². The largest absolute Gasteiger partial charge is 0.486 e. The average Bonchev–Trinajstić information content (AvgIpc) is 3.25. The molecule has 0 aromatic heterocycles. The zero-order chi connectivity index (χ0) is 18.9. The Hall–Kier alpha value is -1.89. The highest BCUT2D eigenvalue weighted by molar-refractivity contribution is 7.99. The Balaban J connectivity index is 1.31. The number of methoxy groups -OCH3 is 1. The monoisotopic (exact) mass is 391 g/mol. The number of esters is 1. The van der Waals surface area contributed by atoms with Crippen molar-refractivity contribution in [2.24, 2.45) is 11.3 Å². The van der Waals surface area contributed by atoms with Crippen molar-refractivity contribution in [3.05, 3.63) is 18.2 Å². The number of rotatable bonds is 5. The van der Waals surface area contributed by atoms with Gasteiger partial charge in [0.1, 0.15) is 13.2 Å². The summed E-state index contributed by atoms with van der Waals surface area (Å²) in [7, 11) is 1.45. The molecule has 1 aromatic rings. The lowest BCUT2D eigenvalue weighted by Gasteiger charge is -2.25. The Morgan fingerprint density at radius 2 is 2.11 bits per heavy atom. The van der Waals surface area contributed by atoms with E-state index in [9.17, 15) is 9.59 Å². The smallest absolute Gasteiger partial charge is 0.313 e. The predicted octanol–water partition coefficient (Wildman–Crippen LogP) is 2.74. The van der Waals surface area contributed by atoms with Crippen molar-refractivity contribution in [2.45, 2.75) is 30.6 Å². The van der Waals surface area contributed by atoms with Crippen LogP contribution in [0.4, 0.5) is 0 Å². The molecule has 27 heavy (non-hydrogen) atoms. The minimum absolute atomic E-state index is 0.123. The summed E-state index contributed by atoms with van der Waals surface area (Å²) < 4.78 is 16.2. The summed E-state index contributed by atoms with van der Waals surface area (Å²) in [6.45, 7) is 2.34. The second-order valence-corrected chi connectivity index (χ2v) is 8.58. The van der Waals surface area contributed by atoms with Crippen LogP contribution in [0.2, 0.25) is 0 Å².